The van der Waals surface area contributed by atoms with Crippen molar-refractivity contribution in [3.05, 3.63) is 69.2 Å². The lowest BCUT2D eigenvalue weighted by atomic mass is 10.0. The number of likely N-dealkylation sites (N-methyl/N-ethyl adjacent to an activating group) is 1. The molecule has 0 aliphatic carbocycles. The van der Waals surface area contributed by atoms with E-state index < -0.39 is 6.04 Å². The van der Waals surface area contributed by atoms with Gasteiger partial charge < -0.3 is 10.2 Å². The molecule has 0 saturated heterocycles. The second-order valence-electron chi connectivity index (χ2n) is 6.55. The zero-order valence-corrected chi connectivity index (χ0v) is 17.3. The Morgan fingerprint density at radius 1 is 1.12 bits per heavy atom. The van der Waals surface area contributed by atoms with Crippen molar-refractivity contribution in [2.24, 2.45) is 0 Å². The summed E-state index contributed by atoms with van der Waals surface area (Å²) in [6.45, 7) is 6.17. The van der Waals surface area contributed by atoms with Crippen LogP contribution in [0.25, 0.3) is 0 Å². The molecule has 0 saturated carbocycles. The van der Waals surface area contributed by atoms with Gasteiger partial charge in [0.1, 0.15) is 6.04 Å². The van der Waals surface area contributed by atoms with E-state index in [9.17, 15) is 9.59 Å². The van der Waals surface area contributed by atoms with E-state index in [1.807, 2.05) is 56.3 Å². The molecule has 2 amide bonds. The van der Waals surface area contributed by atoms with Crippen LogP contribution in [-0.4, -0.2) is 29.8 Å². The SMILES string of the molecule is CNC(=O)[C@@H](C)N(Cc1ccc(Br)cc1)C(=O)Cc1cc(C)ccc1C. The van der Waals surface area contributed by atoms with E-state index in [0.29, 0.717) is 6.54 Å². The number of hydrogen-bond acceptors (Lipinski definition) is 2. The Hall–Kier alpha value is -2.14. The van der Waals surface area contributed by atoms with Gasteiger partial charge in [-0.15, -0.1) is 0 Å². The number of hydrogen-bond donors (Lipinski definition) is 1. The van der Waals surface area contributed by atoms with Crippen molar-refractivity contribution in [2.45, 2.75) is 39.8 Å². The van der Waals surface area contributed by atoms with E-state index in [1.54, 1.807) is 18.9 Å². The Morgan fingerprint density at radius 3 is 2.38 bits per heavy atom. The fourth-order valence-corrected chi connectivity index (χ4v) is 3.10. The second-order valence-corrected chi connectivity index (χ2v) is 7.46. The Morgan fingerprint density at radius 2 is 1.77 bits per heavy atom. The van der Waals surface area contributed by atoms with Crippen molar-refractivity contribution in [1.29, 1.82) is 0 Å². The van der Waals surface area contributed by atoms with Crippen LogP contribution in [0.4, 0.5) is 0 Å². The predicted octanol–water partition coefficient (Wildman–Crippen LogP) is 3.77. The molecular weight excluding hydrogens is 392 g/mol. The van der Waals surface area contributed by atoms with Crippen molar-refractivity contribution in [2.75, 3.05) is 7.05 Å². The van der Waals surface area contributed by atoms with Gasteiger partial charge in [-0.25, -0.2) is 0 Å². The molecular formula is C21H25BrN2O2. The van der Waals surface area contributed by atoms with Crippen molar-refractivity contribution < 1.29 is 9.59 Å². The third-order valence-corrected chi connectivity index (χ3v) is 5.05. The molecule has 0 aliphatic rings. The Labute approximate surface area is 163 Å². The predicted molar refractivity (Wildman–Crippen MR) is 108 cm³/mol. The van der Waals surface area contributed by atoms with Crippen molar-refractivity contribution in [1.82, 2.24) is 10.2 Å². The number of carbonyl (C=O) groups is 2. The molecule has 4 nitrogen and oxygen atoms in total. The maximum absolute atomic E-state index is 13.0. The first kappa shape index (κ1) is 20.2. The molecule has 0 unspecified atom stereocenters. The van der Waals surface area contributed by atoms with Gasteiger partial charge in [0, 0.05) is 18.1 Å². The van der Waals surface area contributed by atoms with Crippen molar-refractivity contribution in [3.8, 4) is 0 Å². The fourth-order valence-electron chi connectivity index (χ4n) is 2.83. The lowest BCUT2D eigenvalue weighted by Crippen LogP contribution is -2.47. The third kappa shape index (κ3) is 5.18. The van der Waals surface area contributed by atoms with E-state index >= 15 is 0 Å². The summed E-state index contributed by atoms with van der Waals surface area (Å²) in [7, 11) is 1.59. The molecule has 26 heavy (non-hydrogen) atoms. The number of nitrogens with zero attached hydrogens (tertiary/aromatic N) is 1. The van der Waals surface area contributed by atoms with Gasteiger partial charge in [0.25, 0.3) is 0 Å². The highest BCUT2D eigenvalue weighted by atomic mass is 79.9. The molecule has 0 fully saturated rings. The van der Waals surface area contributed by atoms with Crippen LogP contribution in [-0.2, 0) is 22.6 Å². The summed E-state index contributed by atoms with van der Waals surface area (Å²) in [6, 6.07) is 13.4. The quantitative estimate of drug-likeness (QED) is 0.778. The third-order valence-electron chi connectivity index (χ3n) is 4.53. The number of carbonyl (C=O) groups excluding carboxylic acids is 2. The first-order chi connectivity index (χ1) is 12.3. The zero-order valence-electron chi connectivity index (χ0n) is 15.7. The molecule has 0 spiro atoms. The average Bonchev–Trinajstić information content (AvgIpc) is 2.62. The molecule has 0 aromatic heterocycles. The van der Waals surface area contributed by atoms with Crippen LogP contribution < -0.4 is 5.32 Å². The minimum Gasteiger partial charge on any atom is -0.357 e. The summed E-state index contributed by atoms with van der Waals surface area (Å²) in [4.78, 5) is 26.9. The lowest BCUT2D eigenvalue weighted by Gasteiger charge is -2.28. The summed E-state index contributed by atoms with van der Waals surface area (Å²) in [5.41, 5.74) is 4.19. The summed E-state index contributed by atoms with van der Waals surface area (Å²) in [5.74, 6) is -0.228. The van der Waals surface area contributed by atoms with Crippen molar-refractivity contribution >= 4 is 27.7 Å². The zero-order chi connectivity index (χ0) is 19.3. The summed E-state index contributed by atoms with van der Waals surface area (Å²) >= 11 is 3.42. The number of nitrogens with one attached hydrogen (secondary N) is 1. The average molecular weight is 417 g/mol. The highest BCUT2D eigenvalue weighted by Gasteiger charge is 2.25. The Bertz CT molecular complexity index is 787. The van der Waals surface area contributed by atoms with Crippen molar-refractivity contribution in [3.63, 3.8) is 0 Å². The van der Waals surface area contributed by atoms with E-state index in [1.165, 1.54) is 0 Å². The maximum Gasteiger partial charge on any atom is 0.242 e. The molecule has 2 aromatic rings. The highest BCUT2D eigenvalue weighted by molar-refractivity contribution is 9.10. The summed E-state index contributed by atoms with van der Waals surface area (Å²) < 4.78 is 0.980. The van der Waals surface area contributed by atoms with E-state index in [4.69, 9.17) is 0 Å². The van der Waals surface area contributed by atoms with Gasteiger partial charge in [-0.05, 0) is 49.6 Å². The van der Waals surface area contributed by atoms with E-state index in [2.05, 4.69) is 21.2 Å². The molecule has 0 heterocycles. The summed E-state index contributed by atoms with van der Waals surface area (Å²) in [5, 5.41) is 2.64. The monoisotopic (exact) mass is 416 g/mol. The lowest BCUT2D eigenvalue weighted by molar-refractivity contribution is -0.139. The summed E-state index contributed by atoms with van der Waals surface area (Å²) in [6.07, 6.45) is 0.283. The van der Waals surface area contributed by atoms with Gasteiger partial charge in [0.05, 0.1) is 6.42 Å². The first-order valence-corrected chi connectivity index (χ1v) is 9.42. The minimum absolute atomic E-state index is 0.0577. The first-order valence-electron chi connectivity index (χ1n) is 8.63. The molecule has 2 rings (SSSR count). The molecule has 1 atom stereocenters. The van der Waals surface area contributed by atoms with Crippen LogP contribution in [0, 0.1) is 13.8 Å². The molecule has 0 bridgehead atoms. The van der Waals surface area contributed by atoms with Gasteiger partial charge in [0.2, 0.25) is 11.8 Å². The molecule has 0 radical (unpaired) electrons. The standard InChI is InChI=1S/C21H25BrN2O2/c1-14-5-6-15(2)18(11-14)12-20(25)24(16(3)21(26)23-4)13-17-7-9-19(22)10-8-17/h5-11,16H,12-13H2,1-4H3,(H,23,26)/t16-/m1/s1. The number of benzene rings is 2. The Kier molecular flexibility index (Phi) is 6.98. The maximum atomic E-state index is 13.0. The van der Waals surface area contributed by atoms with Gasteiger partial charge in [-0.3, -0.25) is 9.59 Å². The molecule has 2 aromatic carbocycles. The van der Waals surface area contributed by atoms with Crippen LogP contribution in [0.1, 0.15) is 29.2 Å². The number of rotatable bonds is 6. The number of aryl methyl sites for hydroxylation is 2. The molecule has 1 N–H and O–H groups in total. The van der Waals surface area contributed by atoms with Gasteiger partial charge >= 0.3 is 0 Å². The van der Waals surface area contributed by atoms with Gasteiger partial charge in [-0.2, -0.15) is 0 Å². The van der Waals surface area contributed by atoms with Crippen LogP contribution >= 0.6 is 15.9 Å². The topological polar surface area (TPSA) is 49.4 Å². The van der Waals surface area contributed by atoms with E-state index in [0.717, 1.165) is 26.7 Å². The van der Waals surface area contributed by atoms with Crippen LogP contribution in [0.2, 0.25) is 0 Å². The number of halogens is 1. The van der Waals surface area contributed by atoms with Gasteiger partial charge in [0.15, 0.2) is 0 Å². The molecule has 138 valence electrons. The smallest absolute Gasteiger partial charge is 0.242 e. The fraction of sp³-hybridized carbons (Fsp3) is 0.333. The van der Waals surface area contributed by atoms with Crippen LogP contribution in [0.3, 0.4) is 0 Å². The second kappa shape index (κ2) is 8.99. The van der Waals surface area contributed by atoms with Crippen LogP contribution in [0.15, 0.2) is 46.9 Å². The van der Waals surface area contributed by atoms with E-state index in [-0.39, 0.29) is 18.2 Å². The normalized spacial score (nSPS) is 11.7. The molecule has 0 aliphatic heterocycles. The Balaban J connectivity index is 2.26. The molecule has 5 heteroatoms. The van der Waals surface area contributed by atoms with Gasteiger partial charge in [-0.1, -0.05) is 51.8 Å². The largest absolute Gasteiger partial charge is 0.357 e. The van der Waals surface area contributed by atoms with Crippen LogP contribution in [0.5, 0.6) is 0 Å². The number of amides is 2. The minimum atomic E-state index is -0.540. The highest BCUT2D eigenvalue weighted by Crippen LogP contribution is 2.17.